The van der Waals surface area contributed by atoms with Gasteiger partial charge in [-0.25, -0.2) is 0 Å². The Kier molecular flexibility index (Phi) is 5.41. The minimum atomic E-state index is 0.624. The van der Waals surface area contributed by atoms with Crippen LogP contribution in [0.4, 0.5) is 5.69 Å². The first kappa shape index (κ1) is 15.3. The molecule has 3 nitrogen and oxygen atoms in total. The van der Waals surface area contributed by atoms with Gasteiger partial charge in [0.2, 0.25) is 0 Å². The highest BCUT2D eigenvalue weighted by Crippen LogP contribution is 2.29. The predicted octanol–water partition coefficient (Wildman–Crippen LogP) is 3.45. The van der Waals surface area contributed by atoms with E-state index in [4.69, 9.17) is 0 Å². The Morgan fingerprint density at radius 3 is 2.90 bits per heavy atom. The van der Waals surface area contributed by atoms with Crippen molar-refractivity contribution < 1.29 is 0 Å². The third kappa shape index (κ3) is 3.95. The summed E-state index contributed by atoms with van der Waals surface area (Å²) in [6.07, 6.45) is 6.59. The zero-order valence-corrected chi connectivity index (χ0v) is 13.4. The average molecular weight is 275 g/mol. The Morgan fingerprint density at radius 1 is 1.35 bits per heavy atom. The maximum Gasteiger partial charge on any atom is 0.0600 e. The highest BCUT2D eigenvalue weighted by molar-refractivity contribution is 5.52. The molecular formula is C17H29N3. The minimum absolute atomic E-state index is 0.624. The zero-order valence-electron chi connectivity index (χ0n) is 13.4. The Labute approximate surface area is 123 Å². The monoisotopic (exact) mass is 275 g/mol. The van der Waals surface area contributed by atoms with Gasteiger partial charge in [0.15, 0.2) is 0 Å². The third-order valence-corrected chi connectivity index (χ3v) is 4.18. The van der Waals surface area contributed by atoms with E-state index in [-0.39, 0.29) is 0 Å². The van der Waals surface area contributed by atoms with E-state index >= 15 is 0 Å². The van der Waals surface area contributed by atoms with E-state index in [1.54, 1.807) is 0 Å². The molecule has 3 heteroatoms. The molecule has 0 bridgehead atoms. The van der Waals surface area contributed by atoms with Gasteiger partial charge in [0.05, 0.1) is 11.9 Å². The van der Waals surface area contributed by atoms with Crippen LogP contribution >= 0.6 is 0 Å². The summed E-state index contributed by atoms with van der Waals surface area (Å²) in [7, 11) is 0. The predicted molar refractivity (Wildman–Crippen MR) is 86.0 cm³/mol. The fourth-order valence-corrected chi connectivity index (χ4v) is 2.94. The summed E-state index contributed by atoms with van der Waals surface area (Å²) in [5, 5.41) is 3.55. The van der Waals surface area contributed by atoms with Crippen LogP contribution in [0.3, 0.4) is 0 Å². The summed E-state index contributed by atoms with van der Waals surface area (Å²) < 4.78 is 0. The van der Waals surface area contributed by atoms with Crippen LogP contribution in [0.15, 0.2) is 18.5 Å². The lowest BCUT2D eigenvalue weighted by molar-refractivity contribution is 0.389. The summed E-state index contributed by atoms with van der Waals surface area (Å²) in [6.45, 7) is 12.3. The normalized spacial score (nSPS) is 23.4. The van der Waals surface area contributed by atoms with Gasteiger partial charge < -0.3 is 10.2 Å². The van der Waals surface area contributed by atoms with Crippen molar-refractivity contribution in [1.29, 1.82) is 0 Å². The van der Waals surface area contributed by atoms with E-state index in [0.29, 0.717) is 12.0 Å². The molecule has 1 saturated heterocycles. The number of hydrogen-bond donors (Lipinski definition) is 1. The van der Waals surface area contributed by atoms with Crippen molar-refractivity contribution in [2.75, 3.05) is 18.0 Å². The number of nitrogens with zero attached hydrogens (tertiary/aromatic N) is 2. The molecule has 0 saturated carbocycles. The lowest BCUT2D eigenvalue weighted by Gasteiger charge is -2.39. The van der Waals surface area contributed by atoms with Crippen molar-refractivity contribution in [2.45, 2.75) is 53.1 Å². The molecule has 1 aromatic heterocycles. The van der Waals surface area contributed by atoms with Crippen molar-refractivity contribution in [2.24, 2.45) is 11.8 Å². The van der Waals surface area contributed by atoms with Crippen LogP contribution in [0, 0.1) is 11.8 Å². The number of rotatable bonds is 5. The van der Waals surface area contributed by atoms with Crippen LogP contribution in [0.2, 0.25) is 0 Å². The van der Waals surface area contributed by atoms with Gasteiger partial charge in [-0.3, -0.25) is 4.98 Å². The smallest absolute Gasteiger partial charge is 0.0600 e. The van der Waals surface area contributed by atoms with Gasteiger partial charge in [-0.1, -0.05) is 20.8 Å². The second-order valence-electron chi connectivity index (χ2n) is 6.71. The SMILES string of the molecule is CC(C)CNCc1ccncc1N1CC(C)CCC1C. The number of nitrogens with one attached hydrogen (secondary N) is 1. The van der Waals surface area contributed by atoms with Gasteiger partial charge in [-0.15, -0.1) is 0 Å². The standard InChI is InChI=1S/C17H29N3/c1-13(2)9-19-10-16-7-8-18-11-17(16)20-12-14(3)5-6-15(20)4/h7-8,11,13-15,19H,5-6,9-10,12H2,1-4H3. The number of piperidine rings is 1. The molecule has 0 aliphatic carbocycles. The summed E-state index contributed by atoms with van der Waals surface area (Å²) in [6, 6.07) is 2.79. The maximum atomic E-state index is 4.35. The zero-order chi connectivity index (χ0) is 14.5. The van der Waals surface area contributed by atoms with Crippen molar-refractivity contribution in [3.63, 3.8) is 0 Å². The fourth-order valence-electron chi connectivity index (χ4n) is 2.94. The molecule has 2 atom stereocenters. The lowest BCUT2D eigenvalue weighted by atomic mass is 9.94. The molecule has 1 fully saturated rings. The molecule has 0 amide bonds. The second-order valence-corrected chi connectivity index (χ2v) is 6.71. The van der Waals surface area contributed by atoms with Gasteiger partial charge >= 0.3 is 0 Å². The van der Waals surface area contributed by atoms with Gasteiger partial charge in [0.25, 0.3) is 0 Å². The second kappa shape index (κ2) is 7.07. The Hall–Kier alpha value is -1.09. The van der Waals surface area contributed by atoms with E-state index in [1.165, 1.54) is 24.1 Å². The molecule has 112 valence electrons. The first-order chi connectivity index (χ1) is 9.58. The van der Waals surface area contributed by atoms with E-state index < -0.39 is 0 Å². The van der Waals surface area contributed by atoms with Gasteiger partial charge in [-0.05, 0) is 49.8 Å². The number of hydrogen-bond acceptors (Lipinski definition) is 3. The third-order valence-electron chi connectivity index (χ3n) is 4.18. The largest absolute Gasteiger partial charge is 0.367 e. The summed E-state index contributed by atoms with van der Waals surface area (Å²) in [5.74, 6) is 1.47. The average Bonchev–Trinajstić information content (AvgIpc) is 2.42. The molecule has 20 heavy (non-hydrogen) atoms. The Bertz CT molecular complexity index is 416. The van der Waals surface area contributed by atoms with E-state index in [2.05, 4.69) is 49.0 Å². The summed E-state index contributed by atoms with van der Waals surface area (Å²) in [5.41, 5.74) is 2.70. The molecule has 2 rings (SSSR count). The molecule has 1 aliphatic heterocycles. The van der Waals surface area contributed by atoms with Crippen molar-refractivity contribution >= 4 is 5.69 Å². The van der Waals surface area contributed by atoms with Crippen LogP contribution in [0.25, 0.3) is 0 Å². The molecule has 1 N–H and O–H groups in total. The van der Waals surface area contributed by atoms with Crippen molar-refractivity contribution in [3.05, 3.63) is 24.0 Å². The highest BCUT2D eigenvalue weighted by Gasteiger charge is 2.24. The van der Waals surface area contributed by atoms with Crippen LogP contribution < -0.4 is 10.2 Å². The van der Waals surface area contributed by atoms with Gasteiger partial charge in [0.1, 0.15) is 0 Å². The van der Waals surface area contributed by atoms with Crippen molar-refractivity contribution in [3.8, 4) is 0 Å². The molecular weight excluding hydrogens is 246 g/mol. The highest BCUT2D eigenvalue weighted by atomic mass is 15.2. The minimum Gasteiger partial charge on any atom is -0.367 e. The lowest BCUT2D eigenvalue weighted by Crippen LogP contribution is -2.41. The van der Waals surface area contributed by atoms with E-state index in [9.17, 15) is 0 Å². The Balaban J connectivity index is 2.10. The number of aromatic nitrogens is 1. The van der Waals surface area contributed by atoms with Crippen LogP contribution in [0.5, 0.6) is 0 Å². The fraction of sp³-hybridized carbons (Fsp3) is 0.706. The summed E-state index contributed by atoms with van der Waals surface area (Å²) >= 11 is 0. The Morgan fingerprint density at radius 2 is 2.15 bits per heavy atom. The molecule has 1 aliphatic rings. The molecule has 0 aromatic carbocycles. The number of pyridine rings is 1. The maximum absolute atomic E-state index is 4.35. The molecule has 0 radical (unpaired) electrons. The quantitative estimate of drug-likeness (QED) is 0.892. The van der Waals surface area contributed by atoms with Crippen LogP contribution in [0.1, 0.15) is 46.1 Å². The molecule has 2 heterocycles. The molecule has 1 aromatic rings. The van der Waals surface area contributed by atoms with Gasteiger partial charge in [0, 0.05) is 25.3 Å². The van der Waals surface area contributed by atoms with E-state index in [1.807, 2.05) is 12.4 Å². The van der Waals surface area contributed by atoms with E-state index in [0.717, 1.165) is 25.6 Å². The first-order valence-electron chi connectivity index (χ1n) is 7.98. The topological polar surface area (TPSA) is 28.2 Å². The molecule has 0 spiro atoms. The first-order valence-corrected chi connectivity index (χ1v) is 7.98. The molecule has 2 unspecified atom stereocenters. The summed E-state index contributed by atoms with van der Waals surface area (Å²) in [4.78, 5) is 6.90. The van der Waals surface area contributed by atoms with Gasteiger partial charge in [-0.2, -0.15) is 0 Å². The van der Waals surface area contributed by atoms with Crippen LogP contribution in [-0.2, 0) is 6.54 Å². The van der Waals surface area contributed by atoms with Crippen molar-refractivity contribution in [1.82, 2.24) is 10.3 Å². The number of anilines is 1. The van der Waals surface area contributed by atoms with Crippen LogP contribution in [-0.4, -0.2) is 24.1 Å².